The Balaban J connectivity index is 2.76. The molecule has 1 atom stereocenters. The first-order valence-electron chi connectivity index (χ1n) is 5.16. The van der Waals surface area contributed by atoms with Gasteiger partial charge in [-0.1, -0.05) is 17.7 Å². The number of ether oxygens (including phenoxy) is 1. The molecule has 1 amide bonds. The molecular weight excluding hydrogens is 240 g/mol. The lowest BCUT2D eigenvalue weighted by molar-refractivity contribution is 0.0615. The SMILES string of the molecule is CCOC(C#N)NC(=O)c1ccc(C)c(Cl)c1. The summed E-state index contributed by atoms with van der Waals surface area (Å²) in [5.74, 6) is -0.383. The number of rotatable bonds is 4. The van der Waals surface area contributed by atoms with Crippen molar-refractivity contribution >= 4 is 17.5 Å². The number of hydrogen-bond donors (Lipinski definition) is 1. The average molecular weight is 253 g/mol. The first kappa shape index (κ1) is 13.5. The highest BCUT2D eigenvalue weighted by Crippen LogP contribution is 2.16. The minimum Gasteiger partial charge on any atom is -0.346 e. The van der Waals surface area contributed by atoms with Crippen LogP contribution in [-0.2, 0) is 4.74 Å². The standard InChI is InChI=1S/C12H13ClN2O2/c1-3-17-11(7-14)15-12(16)9-5-4-8(2)10(13)6-9/h4-6,11H,3H2,1-2H3,(H,15,16). The number of benzene rings is 1. The van der Waals surface area contributed by atoms with Crippen molar-refractivity contribution in [2.45, 2.75) is 20.1 Å². The van der Waals surface area contributed by atoms with Crippen LogP contribution in [-0.4, -0.2) is 18.7 Å². The predicted molar refractivity (Wildman–Crippen MR) is 64.7 cm³/mol. The molecule has 0 heterocycles. The van der Waals surface area contributed by atoms with Gasteiger partial charge in [0.25, 0.3) is 5.91 Å². The molecule has 0 aromatic heterocycles. The molecule has 17 heavy (non-hydrogen) atoms. The zero-order chi connectivity index (χ0) is 12.8. The van der Waals surface area contributed by atoms with Crippen LogP contribution in [0.1, 0.15) is 22.8 Å². The molecule has 0 fully saturated rings. The van der Waals surface area contributed by atoms with Crippen LogP contribution in [0.3, 0.4) is 0 Å². The number of halogens is 1. The molecule has 0 spiro atoms. The highest BCUT2D eigenvalue weighted by Gasteiger charge is 2.13. The molecule has 0 aliphatic heterocycles. The lowest BCUT2D eigenvalue weighted by Crippen LogP contribution is -2.35. The molecule has 90 valence electrons. The molecule has 5 heteroatoms. The van der Waals surface area contributed by atoms with Crippen LogP contribution in [0.25, 0.3) is 0 Å². The minimum atomic E-state index is -0.937. The van der Waals surface area contributed by atoms with Crippen molar-refractivity contribution < 1.29 is 9.53 Å². The molecular formula is C12H13ClN2O2. The highest BCUT2D eigenvalue weighted by atomic mass is 35.5. The van der Waals surface area contributed by atoms with E-state index in [9.17, 15) is 4.79 Å². The molecule has 0 saturated heterocycles. The van der Waals surface area contributed by atoms with Gasteiger partial charge in [0.1, 0.15) is 6.07 Å². The zero-order valence-corrected chi connectivity index (χ0v) is 10.4. The number of nitriles is 1. The second-order valence-electron chi connectivity index (χ2n) is 3.40. The molecule has 0 saturated carbocycles. The Morgan fingerprint density at radius 1 is 1.65 bits per heavy atom. The third kappa shape index (κ3) is 3.74. The molecule has 1 aromatic rings. The molecule has 0 aliphatic carbocycles. The summed E-state index contributed by atoms with van der Waals surface area (Å²) in [4.78, 5) is 11.8. The Kier molecular flexibility index (Phi) is 4.95. The van der Waals surface area contributed by atoms with Gasteiger partial charge < -0.3 is 10.1 Å². The molecule has 1 rings (SSSR count). The summed E-state index contributed by atoms with van der Waals surface area (Å²) in [6.07, 6.45) is -0.937. The first-order valence-corrected chi connectivity index (χ1v) is 5.54. The summed E-state index contributed by atoms with van der Waals surface area (Å²) < 4.78 is 5.01. The fraction of sp³-hybridized carbons (Fsp3) is 0.333. The van der Waals surface area contributed by atoms with E-state index in [4.69, 9.17) is 21.6 Å². The summed E-state index contributed by atoms with van der Waals surface area (Å²) in [6.45, 7) is 3.95. The Morgan fingerprint density at radius 3 is 2.88 bits per heavy atom. The van der Waals surface area contributed by atoms with E-state index < -0.39 is 6.23 Å². The van der Waals surface area contributed by atoms with E-state index in [0.717, 1.165) is 5.56 Å². The fourth-order valence-corrected chi connectivity index (χ4v) is 1.39. The Morgan fingerprint density at radius 2 is 2.35 bits per heavy atom. The van der Waals surface area contributed by atoms with E-state index in [1.165, 1.54) is 0 Å². The van der Waals surface area contributed by atoms with Crippen LogP contribution in [0.5, 0.6) is 0 Å². The maximum absolute atomic E-state index is 11.8. The number of carbonyl (C=O) groups is 1. The van der Waals surface area contributed by atoms with Gasteiger partial charge in [-0.05, 0) is 31.5 Å². The average Bonchev–Trinajstić information content (AvgIpc) is 2.31. The molecule has 0 radical (unpaired) electrons. The Bertz CT molecular complexity index is 454. The highest BCUT2D eigenvalue weighted by molar-refractivity contribution is 6.31. The number of nitrogens with zero attached hydrogens (tertiary/aromatic N) is 1. The molecule has 1 N–H and O–H groups in total. The molecule has 1 aromatic carbocycles. The van der Waals surface area contributed by atoms with Crippen LogP contribution >= 0.6 is 11.6 Å². The van der Waals surface area contributed by atoms with Gasteiger partial charge in [0, 0.05) is 17.2 Å². The van der Waals surface area contributed by atoms with E-state index in [-0.39, 0.29) is 5.91 Å². The van der Waals surface area contributed by atoms with Gasteiger partial charge in [0.05, 0.1) is 0 Å². The van der Waals surface area contributed by atoms with Crippen LogP contribution in [0.4, 0.5) is 0 Å². The summed E-state index contributed by atoms with van der Waals surface area (Å²) in [5.41, 5.74) is 1.30. The van der Waals surface area contributed by atoms with Crippen LogP contribution in [0, 0.1) is 18.3 Å². The number of aryl methyl sites for hydroxylation is 1. The van der Waals surface area contributed by atoms with E-state index in [1.807, 2.05) is 13.0 Å². The maximum atomic E-state index is 11.8. The van der Waals surface area contributed by atoms with E-state index in [2.05, 4.69) is 5.32 Å². The Labute approximate surface area is 105 Å². The van der Waals surface area contributed by atoms with Crippen LogP contribution in [0.2, 0.25) is 5.02 Å². The number of nitrogens with one attached hydrogen (secondary N) is 1. The van der Waals surface area contributed by atoms with E-state index in [0.29, 0.717) is 17.2 Å². The third-order valence-corrected chi connectivity index (χ3v) is 2.55. The van der Waals surface area contributed by atoms with Crippen LogP contribution < -0.4 is 5.32 Å². The van der Waals surface area contributed by atoms with Crippen molar-refractivity contribution in [3.05, 3.63) is 34.3 Å². The minimum absolute atomic E-state index is 0.354. The van der Waals surface area contributed by atoms with Crippen molar-refractivity contribution in [1.82, 2.24) is 5.32 Å². The first-order chi connectivity index (χ1) is 8.08. The molecule has 0 aliphatic rings. The lowest BCUT2D eigenvalue weighted by Gasteiger charge is -2.11. The topological polar surface area (TPSA) is 62.1 Å². The van der Waals surface area contributed by atoms with Crippen LogP contribution in [0.15, 0.2) is 18.2 Å². The Hall–Kier alpha value is -1.57. The number of amides is 1. The summed E-state index contributed by atoms with van der Waals surface area (Å²) in [7, 11) is 0. The van der Waals surface area contributed by atoms with Crippen molar-refractivity contribution in [3.8, 4) is 6.07 Å². The van der Waals surface area contributed by atoms with Crippen molar-refractivity contribution in [2.75, 3.05) is 6.61 Å². The predicted octanol–water partition coefficient (Wildman–Crippen LogP) is 2.26. The second kappa shape index (κ2) is 6.24. The number of hydrogen-bond acceptors (Lipinski definition) is 3. The zero-order valence-electron chi connectivity index (χ0n) is 9.66. The van der Waals surface area contributed by atoms with Gasteiger partial charge in [0.15, 0.2) is 0 Å². The maximum Gasteiger partial charge on any atom is 0.254 e. The molecule has 0 bridgehead atoms. The monoisotopic (exact) mass is 252 g/mol. The summed E-state index contributed by atoms with van der Waals surface area (Å²) in [6, 6.07) is 6.80. The van der Waals surface area contributed by atoms with Crippen molar-refractivity contribution in [2.24, 2.45) is 0 Å². The van der Waals surface area contributed by atoms with Gasteiger partial charge >= 0.3 is 0 Å². The smallest absolute Gasteiger partial charge is 0.254 e. The van der Waals surface area contributed by atoms with E-state index >= 15 is 0 Å². The van der Waals surface area contributed by atoms with Gasteiger partial charge in [-0.2, -0.15) is 5.26 Å². The summed E-state index contributed by atoms with van der Waals surface area (Å²) in [5, 5.41) is 11.7. The quantitative estimate of drug-likeness (QED) is 0.836. The molecule has 4 nitrogen and oxygen atoms in total. The second-order valence-corrected chi connectivity index (χ2v) is 3.81. The largest absolute Gasteiger partial charge is 0.346 e. The van der Waals surface area contributed by atoms with Gasteiger partial charge in [-0.15, -0.1) is 0 Å². The van der Waals surface area contributed by atoms with Gasteiger partial charge in [-0.25, -0.2) is 0 Å². The third-order valence-electron chi connectivity index (χ3n) is 2.15. The van der Waals surface area contributed by atoms with Gasteiger partial charge in [-0.3, -0.25) is 4.79 Å². The fourth-order valence-electron chi connectivity index (χ4n) is 1.21. The normalized spacial score (nSPS) is 11.6. The van der Waals surface area contributed by atoms with Crippen molar-refractivity contribution in [3.63, 3.8) is 0 Å². The molecule has 1 unspecified atom stereocenters. The summed E-state index contributed by atoms with van der Waals surface area (Å²) >= 11 is 5.91. The lowest BCUT2D eigenvalue weighted by atomic mass is 10.1. The number of carbonyl (C=O) groups excluding carboxylic acids is 1. The van der Waals surface area contributed by atoms with Gasteiger partial charge in [0.2, 0.25) is 6.23 Å². The van der Waals surface area contributed by atoms with Crippen molar-refractivity contribution in [1.29, 1.82) is 5.26 Å². The van der Waals surface area contributed by atoms with E-state index in [1.54, 1.807) is 25.1 Å².